The first-order valence-electron chi connectivity index (χ1n) is 7.11. The lowest BCUT2D eigenvalue weighted by molar-refractivity contribution is 0.0728. The molecule has 2 aliphatic rings. The summed E-state index contributed by atoms with van der Waals surface area (Å²) in [5.74, 6) is -0.432. The Labute approximate surface area is 116 Å². The van der Waals surface area contributed by atoms with E-state index in [2.05, 4.69) is 10.3 Å². The minimum absolute atomic E-state index is 0.164. The van der Waals surface area contributed by atoms with Gasteiger partial charge in [-0.25, -0.2) is 0 Å². The third-order valence-corrected chi connectivity index (χ3v) is 3.91. The predicted octanol–water partition coefficient (Wildman–Crippen LogP) is 0.437. The molecule has 1 saturated carbocycles. The van der Waals surface area contributed by atoms with Crippen LogP contribution in [0.5, 0.6) is 5.88 Å². The van der Waals surface area contributed by atoms with Gasteiger partial charge in [-0.2, -0.15) is 0 Å². The highest BCUT2D eigenvalue weighted by Gasteiger charge is 2.35. The van der Waals surface area contributed by atoms with Crippen LogP contribution in [-0.2, 0) is 0 Å². The maximum atomic E-state index is 12.6. The summed E-state index contributed by atoms with van der Waals surface area (Å²) >= 11 is 0. The van der Waals surface area contributed by atoms with Crippen molar-refractivity contribution in [2.75, 3.05) is 13.1 Å². The van der Waals surface area contributed by atoms with Crippen molar-refractivity contribution in [3.8, 4) is 5.88 Å². The highest BCUT2D eigenvalue weighted by molar-refractivity contribution is 5.94. The van der Waals surface area contributed by atoms with Crippen molar-refractivity contribution in [1.82, 2.24) is 15.2 Å². The van der Waals surface area contributed by atoms with E-state index < -0.39 is 5.56 Å². The lowest BCUT2D eigenvalue weighted by Crippen LogP contribution is -2.42. The Morgan fingerprint density at radius 2 is 2.15 bits per heavy atom. The number of rotatable bonds is 4. The van der Waals surface area contributed by atoms with Gasteiger partial charge in [-0.05, 0) is 32.2 Å². The Morgan fingerprint density at radius 3 is 2.75 bits per heavy atom. The molecule has 3 rings (SSSR count). The highest BCUT2D eigenvalue weighted by atomic mass is 16.3. The van der Waals surface area contributed by atoms with Gasteiger partial charge in [0.2, 0.25) is 0 Å². The number of aromatic nitrogens is 1. The lowest BCUT2D eigenvalue weighted by atomic mass is 10.1. The van der Waals surface area contributed by atoms with Crippen LogP contribution < -0.4 is 10.9 Å². The molecule has 1 amide bonds. The fourth-order valence-electron chi connectivity index (χ4n) is 2.75. The van der Waals surface area contributed by atoms with Crippen molar-refractivity contribution >= 4 is 5.91 Å². The van der Waals surface area contributed by atoms with Gasteiger partial charge in [-0.15, -0.1) is 0 Å². The van der Waals surface area contributed by atoms with Crippen LogP contribution in [0.2, 0.25) is 0 Å². The van der Waals surface area contributed by atoms with Crippen LogP contribution in [0.3, 0.4) is 0 Å². The van der Waals surface area contributed by atoms with Gasteiger partial charge in [-0.3, -0.25) is 14.6 Å². The zero-order chi connectivity index (χ0) is 14.1. The molecule has 0 radical (unpaired) electrons. The summed E-state index contributed by atoms with van der Waals surface area (Å²) in [6.45, 7) is 1.68. The average Bonchev–Trinajstić information content (AvgIpc) is 3.11. The van der Waals surface area contributed by atoms with Gasteiger partial charge < -0.3 is 15.3 Å². The third kappa shape index (κ3) is 2.85. The van der Waals surface area contributed by atoms with Gasteiger partial charge in [0.05, 0.1) is 5.56 Å². The number of carbonyl (C=O) groups excluding carboxylic acids is 1. The summed E-state index contributed by atoms with van der Waals surface area (Å²) < 4.78 is 0. The van der Waals surface area contributed by atoms with Crippen molar-refractivity contribution in [3.05, 3.63) is 28.0 Å². The first-order valence-corrected chi connectivity index (χ1v) is 7.11. The van der Waals surface area contributed by atoms with Crippen molar-refractivity contribution in [1.29, 1.82) is 0 Å². The number of amides is 1. The molecule has 108 valence electrons. The number of pyridine rings is 1. The second-order valence-corrected chi connectivity index (χ2v) is 5.60. The van der Waals surface area contributed by atoms with Crippen LogP contribution in [0, 0.1) is 0 Å². The second-order valence-electron chi connectivity index (χ2n) is 5.60. The van der Waals surface area contributed by atoms with E-state index in [0.717, 1.165) is 32.2 Å². The summed E-state index contributed by atoms with van der Waals surface area (Å²) in [6.07, 6.45) is 4.27. The maximum Gasteiger partial charge on any atom is 0.254 e. The summed E-state index contributed by atoms with van der Waals surface area (Å²) in [5, 5.41) is 12.8. The zero-order valence-electron chi connectivity index (χ0n) is 11.3. The van der Waals surface area contributed by atoms with E-state index in [1.165, 1.54) is 12.1 Å². The number of hydrogen-bond donors (Lipinski definition) is 3. The number of aromatic amines is 1. The lowest BCUT2D eigenvalue weighted by Gasteiger charge is -2.26. The highest BCUT2D eigenvalue weighted by Crippen LogP contribution is 2.29. The fraction of sp³-hybridized carbons (Fsp3) is 0.571. The number of carbonyl (C=O) groups is 1. The monoisotopic (exact) mass is 277 g/mol. The first-order chi connectivity index (χ1) is 9.63. The third-order valence-electron chi connectivity index (χ3n) is 3.91. The molecule has 6 heteroatoms. The fourth-order valence-corrected chi connectivity index (χ4v) is 2.75. The Hall–Kier alpha value is -1.82. The Kier molecular flexibility index (Phi) is 3.48. The SMILES string of the molecule is O=C(c1cc(O)[nH]c(=O)c1)N(CC1CCCN1)C1CC1. The summed E-state index contributed by atoms with van der Waals surface area (Å²) in [7, 11) is 0. The second kappa shape index (κ2) is 5.28. The van der Waals surface area contributed by atoms with Crippen LogP contribution in [0.1, 0.15) is 36.0 Å². The molecule has 0 spiro atoms. The summed E-state index contributed by atoms with van der Waals surface area (Å²) in [4.78, 5) is 28.0. The van der Waals surface area contributed by atoms with E-state index >= 15 is 0 Å². The van der Waals surface area contributed by atoms with E-state index in [1.807, 2.05) is 4.90 Å². The minimum Gasteiger partial charge on any atom is -0.494 e. The normalized spacial score (nSPS) is 21.9. The molecule has 1 aliphatic heterocycles. The first kappa shape index (κ1) is 13.2. The molecule has 2 heterocycles. The number of aromatic hydroxyl groups is 1. The summed E-state index contributed by atoms with van der Waals surface area (Å²) in [6, 6.07) is 3.20. The van der Waals surface area contributed by atoms with Crippen LogP contribution in [-0.4, -0.2) is 46.1 Å². The van der Waals surface area contributed by atoms with Crippen LogP contribution in [0.25, 0.3) is 0 Å². The number of hydrogen-bond acceptors (Lipinski definition) is 4. The van der Waals surface area contributed by atoms with Gasteiger partial charge in [0.1, 0.15) is 0 Å². The Morgan fingerprint density at radius 1 is 1.35 bits per heavy atom. The molecule has 1 aromatic rings. The van der Waals surface area contributed by atoms with Crippen LogP contribution in [0.15, 0.2) is 16.9 Å². The number of nitrogens with zero attached hydrogens (tertiary/aromatic N) is 1. The molecule has 1 aliphatic carbocycles. The smallest absolute Gasteiger partial charge is 0.254 e. The largest absolute Gasteiger partial charge is 0.494 e. The maximum absolute atomic E-state index is 12.6. The molecular weight excluding hydrogens is 258 g/mol. The average molecular weight is 277 g/mol. The van der Waals surface area contributed by atoms with E-state index in [9.17, 15) is 14.7 Å². The van der Waals surface area contributed by atoms with Crippen molar-refractivity contribution in [2.45, 2.75) is 37.8 Å². The molecule has 1 unspecified atom stereocenters. The number of H-pyrrole nitrogens is 1. The van der Waals surface area contributed by atoms with Crippen molar-refractivity contribution in [2.24, 2.45) is 0 Å². The van der Waals surface area contributed by atoms with Crippen LogP contribution >= 0.6 is 0 Å². The van der Waals surface area contributed by atoms with Gasteiger partial charge in [0.25, 0.3) is 11.5 Å². The van der Waals surface area contributed by atoms with Gasteiger partial charge in [-0.1, -0.05) is 0 Å². The van der Waals surface area contributed by atoms with E-state index in [1.54, 1.807) is 0 Å². The zero-order valence-corrected chi connectivity index (χ0v) is 11.3. The van der Waals surface area contributed by atoms with Gasteiger partial charge in [0, 0.05) is 30.8 Å². The van der Waals surface area contributed by atoms with E-state index in [0.29, 0.717) is 12.6 Å². The molecule has 1 atom stereocenters. The molecular formula is C14H19N3O3. The van der Waals surface area contributed by atoms with Crippen molar-refractivity contribution in [3.63, 3.8) is 0 Å². The predicted molar refractivity (Wildman–Crippen MR) is 73.8 cm³/mol. The van der Waals surface area contributed by atoms with Gasteiger partial charge in [0.15, 0.2) is 5.88 Å². The molecule has 6 nitrogen and oxygen atoms in total. The molecule has 1 saturated heterocycles. The summed E-state index contributed by atoms with van der Waals surface area (Å²) in [5.41, 5.74) is -0.195. The van der Waals surface area contributed by atoms with Crippen LogP contribution in [0.4, 0.5) is 0 Å². The Balaban J connectivity index is 1.79. The quantitative estimate of drug-likeness (QED) is 0.745. The van der Waals surface area contributed by atoms with E-state index in [-0.39, 0.29) is 23.4 Å². The van der Waals surface area contributed by atoms with Crippen molar-refractivity contribution < 1.29 is 9.90 Å². The number of nitrogens with one attached hydrogen (secondary N) is 2. The molecule has 20 heavy (non-hydrogen) atoms. The molecule has 2 fully saturated rings. The minimum atomic E-state index is -0.455. The van der Waals surface area contributed by atoms with Gasteiger partial charge >= 0.3 is 0 Å². The molecule has 3 N–H and O–H groups in total. The standard InChI is InChI=1S/C14H19N3O3/c18-12-6-9(7-13(19)16-12)14(20)17(11-3-4-11)8-10-2-1-5-15-10/h6-7,10-11,15H,1-5,8H2,(H2,16,18,19). The van der Waals surface area contributed by atoms with E-state index in [4.69, 9.17) is 0 Å². The molecule has 0 aromatic carbocycles. The topological polar surface area (TPSA) is 85.4 Å². The molecule has 0 bridgehead atoms. The molecule has 1 aromatic heterocycles. The Bertz CT molecular complexity index is 559.